The summed E-state index contributed by atoms with van der Waals surface area (Å²) in [4.78, 5) is 21.2. The molecular formula is C19H24N4O. The third kappa shape index (κ3) is 3.91. The molecule has 0 saturated heterocycles. The van der Waals surface area contributed by atoms with Gasteiger partial charge in [-0.25, -0.2) is 9.97 Å². The minimum absolute atomic E-state index is 0.112. The van der Waals surface area contributed by atoms with E-state index in [0.29, 0.717) is 17.3 Å². The zero-order chi connectivity index (χ0) is 16.9. The number of nitrogens with zero attached hydrogens (tertiary/aromatic N) is 2. The number of benzene rings is 1. The summed E-state index contributed by atoms with van der Waals surface area (Å²) in [5.74, 6) is 1.13. The highest BCUT2D eigenvalue weighted by Crippen LogP contribution is 2.21. The molecule has 2 aromatic rings. The van der Waals surface area contributed by atoms with E-state index >= 15 is 0 Å². The number of aromatic nitrogens is 2. The Bertz CT molecular complexity index is 723. The fraction of sp³-hybridized carbons (Fsp3) is 0.421. The van der Waals surface area contributed by atoms with Gasteiger partial charge in [-0.2, -0.15) is 0 Å². The summed E-state index contributed by atoms with van der Waals surface area (Å²) in [5.41, 5.74) is 2.65. The van der Waals surface area contributed by atoms with Crippen LogP contribution in [-0.2, 0) is 6.42 Å². The first-order chi connectivity index (χ1) is 11.7. The minimum Gasteiger partial charge on any atom is -0.348 e. The maximum atomic E-state index is 12.5. The second-order valence-corrected chi connectivity index (χ2v) is 6.28. The number of hydrogen-bond acceptors (Lipinski definition) is 4. The number of carbonyl (C=O) groups excluding carboxylic acids is 1. The molecule has 1 aromatic heterocycles. The van der Waals surface area contributed by atoms with Gasteiger partial charge >= 0.3 is 0 Å². The van der Waals surface area contributed by atoms with Crippen LogP contribution in [0.2, 0.25) is 0 Å². The average molecular weight is 324 g/mol. The molecule has 2 N–H and O–H groups in total. The topological polar surface area (TPSA) is 66.9 Å². The number of nitrogens with one attached hydrogen (secondary N) is 2. The zero-order valence-corrected chi connectivity index (χ0v) is 14.3. The predicted molar refractivity (Wildman–Crippen MR) is 95.6 cm³/mol. The minimum atomic E-state index is -0.112. The van der Waals surface area contributed by atoms with Gasteiger partial charge in [0.2, 0.25) is 0 Å². The van der Waals surface area contributed by atoms with Crippen LogP contribution < -0.4 is 10.6 Å². The van der Waals surface area contributed by atoms with Crippen LogP contribution in [0.15, 0.2) is 30.3 Å². The third-order valence-electron chi connectivity index (χ3n) is 4.42. The van der Waals surface area contributed by atoms with E-state index in [4.69, 9.17) is 0 Å². The first-order valence-electron chi connectivity index (χ1n) is 8.67. The molecule has 1 saturated carbocycles. The molecule has 0 unspecified atom stereocenters. The number of anilines is 2. The van der Waals surface area contributed by atoms with E-state index in [-0.39, 0.29) is 11.9 Å². The van der Waals surface area contributed by atoms with Crippen LogP contribution in [0.3, 0.4) is 0 Å². The molecule has 0 aliphatic heterocycles. The van der Waals surface area contributed by atoms with Crippen LogP contribution in [0, 0.1) is 6.92 Å². The van der Waals surface area contributed by atoms with Gasteiger partial charge in [-0.15, -0.1) is 0 Å². The predicted octanol–water partition coefficient (Wildman–Crippen LogP) is 3.76. The summed E-state index contributed by atoms with van der Waals surface area (Å²) in [6.45, 7) is 3.93. The molecule has 0 radical (unpaired) electrons. The maximum absolute atomic E-state index is 12.5. The molecule has 126 valence electrons. The van der Waals surface area contributed by atoms with Crippen LogP contribution in [0.25, 0.3) is 0 Å². The highest BCUT2D eigenvalue weighted by Gasteiger charge is 2.19. The number of hydrogen-bond donors (Lipinski definition) is 2. The SMILES string of the molecule is CCc1ccccc1Nc1cc(C(=O)NC2CCCC2)nc(C)n1. The Labute approximate surface area is 142 Å². The smallest absolute Gasteiger partial charge is 0.270 e. The second kappa shape index (κ2) is 7.43. The van der Waals surface area contributed by atoms with Crippen molar-refractivity contribution in [3.8, 4) is 0 Å². The molecule has 1 heterocycles. The van der Waals surface area contributed by atoms with Crippen molar-refractivity contribution in [2.45, 2.75) is 52.0 Å². The Hall–Kier alpha value is -2.43. The molecule has 0 spiro atoms. The summed E-state index contributed by atoms with van der Waals surface area (Å²) >= 11 is 0. The van der Waals surface area contributed by atoms with Gasteiger partial charge in [0.15, 0.2) is 0 Å². The first-order valence-corrected chi connectivity index (χ1v) is 8.67. The highest BCUT2D eigenvalue weighted by molar-refractivity contribution is 5.93. The van der Waals surface area contributed by atoms with Gasteiger partial charge in [0.05, 0.1) is 0 Å². The zero-order valence-electron chi connectivity index (χ0n) is 14.3. The van der Waals surface area contributed by atoms with Gasteiger partial charge in [-0.1, -0.05) is 38.0 Å². The quantitative estimate of drug-likeness (QED) is 0.879. The van der Waals surface area contributed by atoms with E-state index in [2.05, 4.69) is 33.6 Å². The summed E-state index contributed by atoms with van der Waals surface area (Å²) in [6, 6.07) is 10.1. The number of amides is 1. The van der Waals surface area contributed by atoms with Crippen molar-refractivity contribution < 1.29 is 4.79 Å². The summed E-state index contributed by atoms with van der Waals surface area (Å²) in [6.07, 6.45) is 5.43. The van der Waals surface area contributed by atoms with Crippen LogP contribution in [0.5, 0.6) is 0 Å². The summed E-state index contributed by atoms with van der Waals surface area (Å²) < 4.78 is 0. The molecular weight excluding hydrogens is 300 g/mol. The molecule has 3 rings (SSSR count). The van der Waals surface area contributed by atoms with E-state index in [1.807, 2.05) is 25.1 Å². The Morgan fingerprint density at radius 1 is 1.21 bits per heavy atom. The Morgan fingerprint density at radius 2 is 1.96 bits per heavy atom. The average Bonchev–Trinajstić information content (AvgIpc) is 3.08. The Balaban J connectivity index is 1.79. The van der Waals surface area contributed by atoms with Gasteiger partial charge < -0.3 is 10.6 Å². The van der Waals surface area contributed by atoms with Crippen LogP contribution in [0.4, 0.5) is 11.5 Å². The van der Waals surface area contributed by atoms with E-state index in [1.54, 1.807) is 6.07 Å². The van der Waals surface area contributed by atoms with Crippen molar-refractivity contribution >= 4 is 17.4 Å². The molecule has 5 nitrogen and oxygen atoms in total. The van der Waals surface area contributed by atoms with Crippen molar-refractivity contribution in [3.63, 3.8) is 0 Å². The summed E-state index contributed by atoms with van der Waals surface area (Å²) in [7, 11) is 0. The monoisotopic (exact) mass is 324 g/mol. The van der Waals surface area contributed by atoms with E-state index in [0.717, 1.165) is 24.9 Å². The van der Waals surface area contributed by atoms with Crippen LogP contribution >= 0.6 is 0 Å². The molecule has 0 atom stereocenters. The molecule has 5 heteroatoms. The first kappa shape index (κ1) is 16.4. The lowest BCUT2D eigenvalue weighted by molar-refractivity contribution is 0.0932. The number of aryl methyl sites for hydroxylation is 2. The van der Waals surface area contributed by atoms with Crippen molar-refractivity contribution in [1.29, 1.82) is 0 Å². The number of carbonyl (C=O) groups is 1. The van der Waals surface area contributed by atoms with Crippen LogP contribution in [0.1, 0.15) is 54.5 Å². The van der Waals surface area contributed by atoms with Crippen molar-refractivity contribution in [3.05, 3.63) is 47.4 Å². The van der Waals surface area contributed by atoms with Gasteiger partial charge in [-0.3, -0.25) is 4.79 Å². The Kier molecular flexibility index (Phi) is 5.08. The summed E-state index contributed by atoms with van der Waals surface area (Å²) in [5, 5.41) is 6.40. The number of rotatable bonds is 5. The maximum Gasteiger partial charge on any atom is 0.270 e. The molecule has 1 aliphatic rings. The van der Waals surface area contributed by atoms with Crippen molar-refractivity contribution in [2.75, 3.05) is 5.32 Å². The van der Waals surface area contributed by atoms with Crippen molar-refractivity contribution in [2.24, 2.45) is 0 Å². The molecule has 24 heavy (non-hydrogen) atoms. The van der Waals surface area contributed by atoms with Crippen molar-refractivity contribution in [1.82, 2.24) is 15.3 Å². The fourth-order valence-electron chi connectivity index (χ4n) is 3.17. The highest BCUT2D eigenvalue weighted by atomic mass is 16.1. The lowest BCUT2D eigenvalue weighted by Gasteiger charge is -2.14. The van der Waals surface area contributed by atoms with E-state index in [1.165, 1.54) is 18.4 Å². The third-order valence-corrected chi connectivity index (χ3v) is 4.42. The fourth-order valence-corrected chi connectivity index (χ4v) is 3.17. The number of para-hydroxylation sites is 1. The van der Waals surface area contributed by atoms with Gasteiger partial charge in [0.25, 0.3) is 5.91 Å². The largest absolute Gasteiger partial charge is 0.348 e. The van der Waals surface area contributed by atoms with Gasteiger partial charge in [-0.05, 0) is 37.8 Å². The lowest BCUT2D eigenvalue weighted by atomic mass is 10.1. The molecule has 1 amide bonds. The van der Waals surface area contributed by atoms with Gasteiger partial charge in [0, 0.05) is 17.8 Å². The lowest BCUT2D eigenvalue weighted by Crippen LogP contribution is -2.33. The normalized spacial score (nSPS) is 14.6. The molecule has 0 bridgehead atoms. The molecule has 1 fully saturated rings. The van der Waals surface area contributed by atoms with Crippen LogP contribution in [-0.4, -0.2) is 21.9 Å². The second-order valence-electron chi connectivity index (χ2n) is 6.28. The molecule has 1 aromatic carbocycles. The van der Waals surface area contributed by atoms with E-state index < -0.39 is 0 Å². The van der Waals surface area contributed by atoms with E-state index in [9.17, 15) is 4.79 Å². The standard InChI is InChI=1S/C19H24N4O/c1-3-14-8-4-7-11-16(14)23-18-12-17(20-13(2)21-18)19(24)22-15-9-5-6-10-15/h4,7-8,11-12,15H,3,5-6,9-10H2,1-2H3,(H,22,24)(H,20,21,23). The van der Waals surface area contributed by atoms with Gasteiger partial charge in [0.1, 0.15) is 17.3 Å². The Morgan fingerprint density at radius 3 is 2.71 bits per heavy atom. The molecule has 1 aliphatic carbocycles.